The highest BCUT2D eigenvalue weighted by Gasteiger charge is 2.18. The highest BCUT2D eigenvalue weighted by molar-refractivity contribution is 5.97. The molecule has 1 heterocycles. The molecule has 3 rings (SSSR count). The lowest BCUT2D eigenvalue weighted by Crippen LogP contribution is -2.30. The summed E-state index contributed by atoms with van der Waals surface area (Å²) in [4.78, 5) is 39.0. The fourth-order valence-electron chi connectivity index (χ4n) is 3.41. The summed E-state index contributed by atoms with van der Waals surface area (Å²) in [7, 11) is 1.45. The van der Waals surface area contributed by atoms with Gasteiger partial charge in [0.15, 0.2) is 17.9 Å². The minimum Gasteiger partial charge on any atom is -0.493 e. The molecule has 0 aliphatic rings. The first-order valence-corrected chi connectivity index (χ1v) is 10.3. The largest absolute Gasteiger partial charge is 0.493 e. The highest BCUT2D eigenvalue weighted by Crippen LogP contribution is 2.24. The van der Waals surface area contributed by atoms with Gasteiger partial charge in [-0.2, -0.15) is 0 Å². The molecule has 8 nitrogen and oxygen atoms in total. The van der Waals surface area contributed by atoms with Crippen molar-refractivity contribution < 1.29 is 23.5 Å². The molecule has 0 aliphatic carbocycles. The van der Waals surface area contributed by atoms with E-state index in [2.05, 4.69) is 31.0 Å². The normalized spacial score (nSPS) is 10.8. The maximum absolute atomic E-state index is 12.3. The summed E-state index contributed by atoms with van der Waals surface area (Å²) in [6.07, 6.45) is 0. The first kappa shape index (κ1) is 22.9. The molecule has 0 radical (unpaired) electrons. The van der Waals surface area contributed by atoms with Gasteiger partial charge >= 0.3 is 11.6 Å². The van der Waals surface area contributed by atoms with Crippen LogP contribution in [0.1, 0.15) is 31.1 Å². The number of hydrogen-bond acceptors (Lipinski definition) is 7. The van der Waals surface area contributed by atoms with Crippen molar-refractivity contribution in [2.24, 2.45) is 0 Å². The van der Waals surface area contributed by atoms with Crippen LogP contribution in [-0.2, 0) is 9.53 Å². The van der Waals surface area contributed by atoms with Crippen LogP contribution < -0.4 is 20.6 Å². The molecular formula is C24H26N2O6. The van der Waals surface area contributed by atoms with Gasteiger partial charge in [0.05, 0.1) is 7.11 Å². The van der Waals surface area contributed by atoms with Crippen molar-refractivity contribution in [3.8, 4) is 5.75 Å². The van der Waals surface area contributed by atoms with Crippen LogP contribution in [0.4, 0.5) is 11.4 Å². The van der Waals surface area contributed by atoms with Crippen LogP contribution in [0.3, 0.4) is 0 Å². The zero-order valence-electron chi connectivity index (χ0n) is 18.5. The number of anilines is 2. The van der Waals surface area contributed by atoms with Gasteiger partial charge in [-0.3, -0.25) is 4.79 Å². The molecule has 3 aromatic rings. The number of ether oxygens (including phenoxy) is 2. The van der Waals surface area contributed by atoms with Gasteiger partial charge in [-0.1, -0.05) is 12.1 Å². The van der Waals surface area contributed by atoms with Crippen LogP contribution in [-0.4, -0.2) is 38.2 Å². The molecule has 1 N–H and O–H groups in total. The van der Waals surface area contributed by atoms with Gasteiger partial charge in [-0.15, -0.1) is 0 Å². The number of rotatable bonds is 8. The number of fused-ring (bicyclic) bond motifs is 1. The van der Waals surface area contributed by atoms with Crippen LogP contribution in [0.15, 0.2) is 57.7 Å². The lowest BCUT2D eigenvalue weighted by molar-refractivity contribution is -0.119. The predicted molar refractivity (Wildman–Crippen MR) is 123 cm³/mol. The molecular weight excluding hydrogens is 412 g/mol. The molecule has 0 saturated carbocycles. The summed E-state index contributed by atoms with van der Waals surface area (Å²) in [6.45, 7) is 6.63. The Kier molecular flexibility index (Phi) is 7.14. The van der Waals surface area contributed by atoms with Crippen molar-refractivity contribution >= 4 is 34.2 Å². The van der Waals surface area contributed by atoms with Crippen molar-refractivity contribution in [1.29, 1.82) is 0 Å². The SMILES string of the molecule is CCN(c1ccc(NC(=O)COC(=O)c2cc3cccc(OC)c3oc2=O)cc1)C(C)C. The van der Waals surface area contributed by atoms with Gasteiger partial charge in [0.2, 0.25) is 0 Å². The van der Waals surface area contributed by atoms with Crippen molar-refractivity contribution in [2.75, 3.05) is 30.5 Å². The number of methoxy groups -OCH3 is 1. The zero-order valence-corrected chi connectivity index (χ0v) is 18.5. The Morgan fingerprint density at radius 2 is 1.84 bits per heavy atom. The lowest BCUT2D eigenvalue weighted by Gasteiger charge is -2.27. The number of amides is 1. The maximum Gasteiger partial charge on any atom is 0.351 e. The summed E-state index contributed by atoms with van der Waals surface area (Å²) >= 11 is 0. The van der Waals surface area contributed by atoms with Crippen LogP contribution in [0.25, 0.3) is 11.0 Å². The van der Waals surface area contributed by atoms with E-state index >= 15 is 0 Å². The van der Waals surface area contributed by atoms with Crippen molar-refractivity contribution in [1.82, 2.24) is 0 Å². The third kappa shape index (κ3) is 5.08. The van der Waals surface area contributed by atoms with Gasteiger partial charge in [0, 0.05) is 29.3 Å². The monoisotopic (exact) mass is 438 g/mol. The fraction of sp³-hybridized carbons (Fsp3) is 0.292. The van der Waals surface area contributed by atoms with E-state index in [4.69, 9.17) is 13.9 Å². The zero-order chi connectivity index (χ0) is 23.3. The summed E-state index contributed by atoms with van der Waals surface area (Å²) in [5.74, 6) is -1.08. The first-order valence-electron chi connectivity index (χ1n) is 10.3. The van der Waals surface area contributed by atoms with E-state index in [1.807, 2.05) is 12.1 Å². The van der Waals surface area contributed by atoms with Crippen molar-refractivity contribution in [3.63, 3.8) is 0 Å². The Labute approximate surface area is 185 Å². The van der Waals surface area contributed by atoms with Gasteiger partial charge in [-0.25, -0.2) is 9.59 Å². The molecule has 0 spiro atoms. The molecule has 8 heteroatoms. The van der Waals surface area contributed by atoms with Crippen LogP contribution in [0.2, 0.25) is 0 Å². The molecule has 1 amide bonds. The van der Waals surface area contributed by atoms with E-state index in [9.17, 15) is 14.4 Å². The molecule has 168 valence electrons. The first-order chi connectivity index (χ1) is 15.3. The summed E-state index contributed by atoms with van der Waals surface area (Å²) in [5, 5.41) is 3.17. The molecule has 32 heavy (non-hydrogen) atoms. The smallest absolute Gasteiger partial charge is 0.351 e. The quantitative estimate of drug-likeness (QED) is 0.422. The Morgan fingerprint density at radius 3 is 2.47 bits per heavy atom. The van der Waals surface area contributed by atoms with E-state index in [-0.39, 0.29) is 11.1 Å². The van der Waals surface area contributed by atoms with Crippen molar-refractivity contribution in [2.45, 2.75) is 26.8 Å². The molecule has 0 saturated heterocycles. The molecule has 0 unspecified atom stereocenters. The maximum atomic E-state index is 12.3. The molecule has 1 aromatic heterocycles. The number of hydrogen-bond donors (Lipinski definition) is 1. The summed E-state index contributed by atoms with van der Waals surface area (Å²) in [5.41, 5.74) is 0.695. The number of carbonyl (C=O) groups excluding carboxylic acids is 2. The van der Waals surface area contributed by atoms with Crippen LogP contribution in [0, 0.1) is 0 Å². The van der Waals surface area contributed by atoms with E-state index in [0.717, 1.165) is 12.2 Å². The highest BCUT2D eigenvalue weighted by atomic mass is 16.5. The van der Waals surface area contributed by atoms with E-state index < -0.39 is 24.1 Å². The Hall–Kier alpha value is -3.81. The fourth-order valence-corrected chi connectivity index (χ4v) is 3.41. The Bertz CT molecular complexity index is 1170. The van der Waals surface area contributed by atoms with Gasteiger partial charge in [-0.05, 0) is 57.2 Å². The van der Waals surface area contributed by atoms with Gasteiger partial charge in [0.1, 0.15) is 5.56 Å². The molecule has 0 atom stereocenters. The van der Waals surface area contributed by atoms with Gasteiger partial charge < -0.3 is 24.1 Å². The lowest BCUT2D eigenvalue weighted by atomic mass is 10.2. The summed E-state index contributed by atoms with van der Waals surface area (Å²) < 4.78 is 15.4. The predicted octanol–water partition coefficient (Wildman–Crippen LogP) is 3.83. The van der Waals surface area contributed by atoms with Crippen LogP contribution >= 0.6 is 0 Å². The number of benzene rings is 2. The van der Waals surface area contributed by atoms with Gasteiger partial charge in [0.25, 0.3) is 5.91 Å². The minimum absolute atomic E-state index is 0.233. The second kappa shape index (κ2) is 10.00. The minimum atomic E-state index is -0.940. The number of nitrogens with zero attached hydrogens (tertiary/aromatic N) is 1. The number of para-hydroxylation sites is 1. The van der Waals surface area contributed by atoms with Crippen molar-refractivity contribution in [3.05, 3.63) is 64.5 Å². The second-order valence-corrected chi connectivity index (χ2v) is 7.38. The van der Waals surface area contributed by atoms with Crippen LogP contribution in [0.5, 0.6) is 5.75 Å². The van der Waals surface area contributed by atoms with E-state index in [1.54, 1.807) is 30.3 Å². The van der Waals surface area contributed by atoms with E-state index in [1.165, 1.54) is 13.2 Å². The number of nitrogens with one attached hydrogen (secondary N) is 1. The standard InChI is InChI=1S/C24H26N2O6/c1-5-26(15(2)3)18-11-9-17(10-12-18)25-21(27)14-31-23(28)19-13-16-7-6-8-20(30-4)22(16)32-24(19)29/h6-13,15H,5,14H2,1-4H3,(H,25,27). The Morgan fingerprint density at radius 1 is 1.12 bits per heavy atom. The third-order valence-corrected chi connectivity index (χ3v) is 4.94. The molecule has 0 fully saturated rings. The van der Waals surface area contributed by atoms with E-state index in [0.29, 0.717) is 22.9 Å². The average molecular weight is 438 g/mol. The number of esters is 1. The third-order valence-electron chi connectivity index (χ3n) is 4.94. The summed E-state index contributed by atoms with van der Waals surface area (Å²) in [6, 6.07) is 14.1. The molecule has 0 bridgehead atoms. The second-order valence-electron chi connectivity index (χ2n) is 7.38. The number of carbonyl (C=O) groups is 2. The Balaban J connectivity index is 1.63. The molecule has 0 aliphatic heterocycles. The topological polar surface area (TPSA) is 98.1 Å². The molecule has 2 aromatic carbocycles. The average Bonchev–Trinajstić information content (AvgIpc) is 2.78.